The van der Waals surface area contributed by atoms with Gasteiger partial charge in [-0.1, -0.05) is 25.6 Å². The van der Waals surface area contributed by atoms with Gasteiger partial charge in [-0.15, -0.1) is 5.54 Å². The van der Waals surface area contributed by atoms with Crippen molar-refractivity contribution in [2.45, 2.75) is 58.0 Å². The zero-order valence-corrected chi connectivity index (χ0v) is 12.4. The van der Waals surface area contributed by atoms with Crippen molar-refractivity contribution in [1.82, 2.24) is 0 Å². The highest BCUT2D eigenvalue weighted by Crippen LogP contribution is 2.30. The number of ether oxygens (including phenoxy) is 2. The van der Waals surface area contributed by atoms with Crippen molar-refractivity contribution in [3.63, 3.8) is 0 Å². The van der Waals surface area contributed by atoms with Gasteiger partial charge >= 0.3 is 5.97 Å². The first-order chi connectivity index (χ1) is 7.73. The van der Waals surface area contributed by atoms with Crippen molar-refractivity contribution in [1.29, 1.82) is 0 Å². The van der Waals surface area contributed by atoms with Gasteiger partial charge < -0.3 is 9.47 Å². The molecule has 0 unspecified atom stereocenters. The fourth-order valence-electron chi connectivity index (χ4n) is 1.76. The highest BCUT2D eigenvalue weighted by Gasteiger charge is 2.40. The molecule has 0 spiro atoms. The zero-order chi connectivity index (χ0) is 13.1. The molecule has 0 aromatic carbocycles. The van der Waals surface area contributed by atoms with Gasteiger partial charge in [0.15, 0.2) is 6.10 Å². The number of rotatable bonds is 2. The first-order valence-electron chi connectivity index (χ1n) is 6.07. The van der Waals surface area contributed by atoms with E-state index in [1.807, 2.05) is 6.92 Å². The predicted octanol–water partition coefficient (Wildman–Crippen LogP) is 2.37. The van der Waals surface area contributed by atoms with Gasteiger partial charge in [-0.2, -0.15) is 0 Å². The Hall–Kier alpha value is -0.793. The quantitative estimate of drug-likeness (QED) is 0.431. The number of esters is 1. The maximum absolute atomic E-state index is 11.1. The molecule has 0 bridgehead atoms. The molecule has 2 atom stereocenters. The molecule has 1 rings (SSSR count). The Bertz CT molecular complexity index is 340. The van der Waals surface area contributed by atoms with E-state index >= 15 is 0 Å². The van der Waals surface area contributed by atoms with Crippen LogP contribution < -0.4 is 0 Å². The second kappa shape index (κ2) is 5.24. The van der Waals surface area contributed by atoms with Crippen molar-refractivity contribution in [2.24, 2.45) is 0 Å². The van der Waals surface area contributed by atoms with Crippen molar-refractivity contribution in [3.8, 4) is 11.5 Å². The molecule has 0 aliphatic carbocycles. The Balaban J connectivity index is 2.86. The molecule has 1 fully saturated rings. The summed E-state index contributed by atoms with van der Waals surface area (Å²) in [5, 5.41) is 0. The topological polar surface area (TPSA) is 35.5 Å². The Morgan fingerprint density at radius 2 is 2.12 bits per heavy atom. The summed E-state index contributed by atoms with van der Waals surface area (Å²) in [5.74, 6) is 2.82. The van der Waals surface area contributed by atoms with Crippen LogP contribution >= 0.6 is 0 Å². The molecule has 1 saturated heterocycles. The van der Waals surface area contributed by atoms with Crippen molar-refractivity contribution < 1.29 is 14.3 Å². The Kier molecular flexibility index (Phi) is 4.40. The largest absolute Gasteiger partial charge is 0.446 e. The molecule has 17 heavy (non-hydrogen) atoms. The fourth-order valence-corrected chi connectivity index (χ4v) is 2.33. The number of carbonyl (C=O) groups is 1. The second-order valence-corrected chi connectivity index (χ2v) is 10.5. The highest BCUT2D eigenvalue weighted by molar-refractivity contribution is 6.83. The maximum atomic E-state index is 11.1. The maximum Gasteiger partial charge on any atom is 0.303 e. The first kappa shape index (κ1) is 14.3. The molecule has 3 nitrogen and oxygen atoms in total. The van der Waals surface area contributed by atoms with Crippen LogP contribution in [-0.4, -0.2) is 32.4 Å². The number of carbonyl (C=O) groups excluding carboxylic acids is 1. The lowest BCUT2D eigenvalue weighted by Gasteiger charge is -2.29. The molecular weight excluding hydrogens is 232 g/mol. The summed E-state index contributed by atoms with van der Waals surface area (Å²) < 4.78 is 11.0. The summed E-state index contributed by atoms with van der Waals surface area (Å²) in [5.41, 5.74) is 2.83. The summed E-state index contributed by atoms with van der Waals surface area (Å²) >= 11 is 0. The minimum Gasteiger partial charge on any atom is -0.446 e. The van der Waals surface area contributed by atoms with E-state index in [0.29, 0.717) is 0 Å². The molecule has 0 saturated carbocycles. The smallest absolute Gasteiger partial charge is 0.303 e. The van der Waals surface area contributed by atoms with Crippen LogP contribution in [-0.2, 0) is 14.3 Å². The van der Waals surface area contributed by atoms with Crippen LogP contribution in [0.3, 0.4) is 0 Å². The van der Waals surface area contributed by atoms with E-state index in [4.69, 9.17) is 9.47 Å². The van der Waals surface area contributed by atoms with Gasteiger partial charge in [0.1, 0.15) is 13.7 Å². The normalized spacial score (nSPS) is 25.9. The average Bonchev–Trinajstić information content (AvgIpc) is 2.58. The number of hydrogen-bond acceptors (Lipinski definition) is 3. The van der Waals surface area contributed by atoms with E-state index in [2.05, 4.69) is 31.1 Å². The van der Waals surface area contributed by atoms with Gasteiger partial charge in [0.2, 0.25) is 0 Å². The molecule has 0 aromatic heterocycles. The van der Waals surface area contributed by atoms with Gasteiger partial charge in [-0.25, -0.2) is 0 Å². The van der Waals surface area contributed by atoms with E-state index in [1.54, 1.807) is 0 Å². The molecule has 1 heterocycles. The second-order valence-electron chi connectivity index (χ2n) is 5.77. The minimum absolute atomic E-state index is 0.295. The van der Waals surface area contributed by atoms with Crippen LogP contribution in [0.5, 0.6) is 0 Å². The van der Waals surface area contributed by atoms with Crippen LogP contribution in [0.25, 0.3) is 0 Å². The van der Waals surface area contributed by atoms with E-state index in [9.17, 15) is 4.79 Å². The van der Waals surface area contributed by atoms with Crippen LogP contribution in [0.1, 0.15) is 26.7 Å². The molecular formula is C13H22O3Si. The van der Waals surface area contributed by atoms with E-state index in [1.165, 1.54) is 6.92 Å². The Morgan fingerprint density at radius 3 is 2.53 bits per heavy atom. The van der Waals surface area contributed by atoms with E-state index in [-0.39, 0.29) is 5.97 Å². The standard InChI is InChI=1S/C13H22O3Si/c1-11(14)16-12(7-10-17(3,4)5)13(2)8-6-9-15-13/h12H,6,8-9H2,1-5H3/t12-,13+/m0/s1. The van der Waals surface area contributed by atoms with Crippen LogP contribution in [0.15, 0.2) is 0 Å². The summed E-state index contributed by atoms with van der Waals surface area (Å²) in [6, 6.07) is 0. The third kappa shape index (κ3) is 4.53. The highest BCUT2D eigenvalue weighted by atomic mass is 28.3. The average molecular weight is 254 g/mol. The minimum atomic E-state index is -1.46. The molecule has 96 valence electrons. The zero-order valence-electron chi connectivity index (χ0n) is 11.4. The molecule has 0 amide bonds. The number of hydrogen-bond donors (Lipinski definition) is 0. The van der Waals surface area contributed by atoms with Gasteiger partial charge in [0.25, 0.3) is 0 Å². The van der Waals surface area contributed by atoms with Crippen LogP contribution in [0.4, 0.5) is 0 Å². The Labute approximate surface area is 105 Å². The lowest BCUT2D eigenvalue weighted by atomic mass is 9.96. The van der Waals surface area contributed by atoms with Crippen LogP contribution in [0, 0.1) is 11.5 Å². The van der Waals surface area contributed by atoms with Crippen molar-refractivity contribution in [2.75, 3.05) is 6.61 Å². The molecule has 1 aliphatic rings. The molecule has 1 aliphatic heterocycles. The predicted molar refractivity (Wildman–Crippen MR) is 70.3 cm³/mol. The van der Waals surface area contributed by atoms with Gasteiger partial charge in [-0.05, 0) is 19.8 Å². The van der Waals surface area contributed by atoms with E-state index in [0.717, 1.165) is 19.4 Å². The fraction of sp³-hybridized carbons (Fsp3) is 0.769. The summed E-state index contributed by atoms with van der Waals surface area (Å²) in [6.07, 6.45) is 1.46. The van der Waals surface area contributed by atoms with Gasteiger partial charge in [0, 0.05) is 13.5 Å². The van der Waals surface area contributed by atoms with Gasteiger partial charge in [0.05, 0.1) is 0 Å². The lowest BCUT2D eigenvalue weighted by Crippen LogP contribution is -2.41. The summed E-state index contributed by atoms with van der Waals surface area (Å²) in [6.45, 7) is 10.6. The molecule has 0 aromatic rings. The summed E-state index contributed by atoms with van der Waals surface area (Å²) in [7, 11) is -1.46. The summed E-state index contributed by atoms with van der Waals surface area (Å²) in [4.78, 5) is 11.1. The third-order valence-corrected chi connectivity index (χ3v) is 3.56. The first-order valence-corrected chi connectivity index (χ1v) is 9.57. The lowest BCUT2D eigenvalue weighted by molar-refractivity contribution is -0.155. The van der Waals surface area contributed by atoms with Gasteiger partial charge in [-0.3, -0.25) is 4.79 Å². The van der Waals surface area contributed by atoms with Crippen molar-refractivity contribution in [3.05, 3.63) is 0 Å². The molecule has 0 radical (unpaired) electrons. The molecule has 0 N–H and O–H groups in total. The van der Waals surface area contributed by atoms with Crippen LogP contribution in [0.2, 0.25) is 19.6 Å². The van der Waals surface area contributed by atoms with E-state index < -0.39 is 19.8 Å². The monoisotopic (exact) mass is 254 g/mol. The molecule has 4 heteroatoms. The third-order valence-electron chi connectivity index (χ3n) is 2.67. The van der Waals surface area contributed by atoms with Crippen molar-refractivity contribution >= 4 is 14.0 Å². The SMILES string of the molecule is CC(=O)O[C@@H](C#C[Si](C)(C)C)[C@@]1(C)CCCO1. The Morgan fingerprint density at radius 1 is 1.47 bits per heavy atom.